The number of nitrogens with one attached hydrogen (secondary N) is 2. The van der Waals surface area contributed by atoms with Crippen LogP contribution in [0.2, 0.25) is 0 Å². The van der Waals surface area contributed by atoms with Crippen molar-refractivity contribution >= 4 is 11.7 Å². The molecule has 24 heavy (non-hydrogen) atoms. The molecule has 0 radical (unpaired) electrons. The van der Waals surface area contributed by atoms with E-state index in [0.717, 1.165) is 16.9 Å². The lowest BCUT2D eigenvalue weighted by Crippen LogP contribution is -2.39. The number of pyridine rings is 1. The lowest BCUT2D eigenvalue weighted by molar-refractivity contribution is -0.125. The number of hydrogen-bond donors (Lipinski definition) is 2. The number of carbonyl (C=O) groups excluding carboxylic acids is 1. The van der Waals surface area contributed by atoms with E-state index in [0.29, 0.717) is 13.1 Å². The molecular weight excluding hydrogens is 307 g/mol. The van der Waals surface area contributed by atoms with Crippen molar-refractivity contribution in [2.75, 3.05) is 32.5 Å². The third kappa shape index (κ3) is 5.03. The number of benzene rings is 1. The van der Waals surface area contributed by atoms with Gasteiger partial charge in [-0.05, 0) is 56.4 Å². The highest BCUT2D eigenvalue weighted by Crippen LogP contribution is 2.18. The van der Waals surface area contributed by atoms with Crippen molar-refractivity contribution in [1.29, 1.82) is 0 Å². The minimum Gasteiger partial charge on any atom is -0.368 e. The van der Waals surface area contributed by atoms with Crippen LogP contribution in [-0.4, -0.2) is 43.0 Å². The van der Waals surface area contributed by atoms with Gasteiger partial charge in [-0.1, -0.05) is 12.1 Å². The highest BCUT2D eigenvalue weighted by atomic mass is 19.1. The van der Waals surface area contributed by atoms with E-state index in [9.17, 15) is 9.18 Å². The molecule has 0 aliphatic heterocycles. The largest absolute Gasteiger partial charge is 0.368 e. The Hall–Kier alpha value is -2.47. The SMILES string of the molecule is Cc1ccnc(NCCNC(=O)C(c2ccc(F)cc2)N(C)C)c1. The number of aromatic nitrogens is 1. The molecule has 0 aliphatic carbocycles. The summed E-state index contributed by atoms with van der Waals surface area (Å²) >= 11 is 0. The van der Waals surface area contributed by atoms with E-state index in [2.05, 4.69) is 15.6 Å². The summed E-state index contributed by atoms with van der Waals surface area (Å²) in [4.78, 5) is 18.5. The van der Waals surface area contributed by atoms with Gasteiger partial charge in [-0.25, -0.2) is 9.37 Å². The van der Waals surface area contributed by atoms with Crippen molar-refractivity contribution < 1.29 is 9.18 Å². The van der Waals surface area contributed by atoms with Gasteiger partial charge in [0.15, 0.2) is 0 Å². The number of aryl methyl sites for hydroxylation is 1. The Morgan fingerprint density at radius 1 is 1.21 bits per heavy atom. The molecule has 2 N–H and O–H groups in total. The Balaban J connectivity index is 1.88. The molecular formula is C18H23FN4O. The highest BCUT2D eigenvalue weighted by molar-refractivity contribution is 5.83. The van der Waals surface area contributed by atoms with Gasteiger partial charge < -0.3 is 10.6 Å². The molecule has 0 aliphatic rings. The van der Waals surface area contributed by atoms with E-state index < -0.39 is 6.04 Å². The molecule has 5 nitrogen and oxygen atoms in total. The maximum absolute atomic E-state index is 13.1. The van der Waals surface area contributed by atoms with Crippen LogP contribution in [0.25, 0.3) is 0 Å². The number of amides is 1. The summed E-state index contributed by atoms with van der Waals surface area (Å²) in [5, 5.41) is 6.06. The second-order valence-corrected chi connectivity index (χ2v) is 5.85. The summed E-state index contributed by atoms with van der Waals surface area (Å²) in [7, 11) is 3.64. The number of carbonyl (C=O) groups is 1. The Morgan fingerprint density at radius 2 is 1.92 bits per heavy atom. The quantitative estimate of drug-likeness (QED) is 0.765. The van der Waals surface area contributed by atoms with Crippen LogP contribution in [0.15, 0.2) is 42.6 Å². The normalized spacial score (nSPS) is 12.0. The average molecular weight is 330 g/mol. The fourth-order valence-electron chi connectivity index (χ4n) is 2.43. The van der Waals surface area contributed by atoms with Crippen molar-refractivity contribution in [3.05, 3.63) is 59.5 Å². The molecule has 1 aromatic carbocycles. The molecule has 2 aromatic rings. The first-order valence-electron chi connectivity index (χ1n) is 7.83. The number of rotatable bonds is 7. The van der Waals surface area contributed by atoms with Crippen LogP contribution in [0, 0.1) is 12.7 Å². The Labute approximate surface area is 141 Å². The highest BCUT2D eigenvalue weighted by Gasteiger charge is 2.22. The first kappa shape index (κ1) is 17.9. The molecule has 128 valence electrons. The molecule has 0 saturated heterocycles. The number of likely N-dealkylation sites (N-methyl/N-ethyl adjacent to an activating group) is 1. The van der Waals surface area contributed by atoms with Crippen LogP contribution in [-0.2, 0) is 4.79 Å². The number of nitrogens with zero attached hydrogens (tertiary/aromatic N) is 2. The predicted molar refractivity (Wildman–Crippen MR) is 93.3 cm³/mol. The van der Waals surface area contributed by atoms with Gasteiger partial charge in [0.05, 0.1) is 0 Å². The molecule has 6 heteroatoms. The second-order valence-electron chi connectivity index (χ2n) is 5.85. The summed E-state index contributed by atoms with van der Waals surface area (Å²) in [6, 6.07) is 9.42. The van der Waals surface area contributed by atoms with Crippen molar-refractivity contribution in [1.82, 2.24) is 15.2 Å². The molecule has 0 fully saturated rings. The molecule has 1 amide bonds. The zero-order valence-electron chi connectivity index (χ0n) is 14.2. The van der Waals surface area contributed by atoms with Crippen LogP contribution in [0.3, 0.4) is 0 Å². The van der Waals surface area contributed by atoms with E-state index in [1.165, 1.54) is 12.1 Å². The lowest BCUT2D eigenvalue weighted by Gasteiger charge is -2.24. The topological polar surface area (TPSA) is 57.3 Å². The summed E-state index contributed by atoms with van der Waals surface area (Å²) < 4.78 is 13.1. The Bertz CT molecular complexity index is 673. The molecule has 1 heterocycles. The summed E-state index contributed by atoms with van der Waals surface area (Å²) in [5.74, 6) is 0.351. The minimum atomic E-state index is -0.456. The molecule has 0 bridgehead atoms. The van der Waals surface area contributed by atoms with Gasteiger partial charge in [0.2, 0.25) is 5.91 Å². The minimum absolute atomic E-state index is 0.120. The van der Waals surface area contributed by atoms with Gasteiger partial charge in [-0.3, -0.25) is 9.69 Å². The van der Waals surface area contributed by atoms with E-state index >= 15 is 0 Å². The summed E-state index contributed by atoms with van der Waals surface area (Å²) in [6.07, 6.45) is 1.74. The Kier molecular flexibility index (Phi) is 6.26. The number of halogens is 1. The van der Waals surface area contributed by atoms with Crippen LogP contribution < -0.4 is 10.6 Å². The third-order valence-electron chi connectivity index (χ3n) is 3.60. The smallest absolute Gasteiger partial charge is 0.242 e. The van der Waals surface area contributed by atoms with Gasteiger partial charge in [0.25, 0.3) is 0 Å². The van der Waals surface area contributed by atoms with Crippen LogP contribution in [0.4, 0.5) is 10.2 Å². The average Bonchev–Trinajstić information content (AvgIpc) is 2.53. The van der Waals surface area contributed by atoms with Gasteiger partial charge in [0, 0.05) is 19.3 Å². The first-order valence-corrected chi connectivity index (χ1v) is 7.83. The van der Waals surface area contributed by atoms with Crippen LogP contribution in [0.1, 0.15) is 17.2 Å². The lowest BCUT2D eigenvalue weighted by atomic mass is 10.1. The second kappa shape index (κ2) is 8.40. The van der Waals surface area contributed by atoms with E-state index in [4.69, 9.17) is 0 Å². The molecule has 2 rings (SSSR count). The summed E-state index contributed by atoms with van der Waals surface area (Å²) in [6.45, 7) is 3.05. The van der Waals surface area contributed by atoms with E-state index in [-0.39, 0.29) is 11.7 Å². The maximum Gasteiger partial charge on any atom is 0.242 e. The first-order chi connectivity index (χ1) is 11.5. The van der Waals surface area contributed by atoms with Crippen molar-refractivity contribution in [2.24, 2.45) is 0 Å². The fraction of sp³-hybridized carbons (Fsp3) is 0.333. The van der Waals surface area contributed by atoms with Gasteiger partial charge in [-0.2, -0.15) is 0 Å². The standard InChI is InChI=1S/C18H23FN4O/c1-13-8-9-20-16(12-13)21-10-11-22-18(24)17(23(2)3)14-4-6-15(19)7-5-14/h4-9,12,17H,10-11H2,1-3H3,(H,20,21)(H,22,24). The summed E-state index contributed by atoms with van der Waals surface area (Å²) in [5.41, 5.74) is 1.88. The van der Waals surface area contributed by atoms with Crippen LogP contribution in [0.5, 0.6) is 0 Å². The van der Waals surface area contributed by atoms with Gasteiger partial charge in [-0.15, -0.1) is 0 Å². The zero-order valence-corrected chi connectivity index (χ0v) is 14.2. The van der Waals surface area contributed by atoms with Crippen molar-refractivity contribution in [3.8, 4) is 0 Å². The van der Waals surface area contributed by atoms with Gasteiger partial charge >= 0.3 is 0 Å². The molecule has 1 atom stereocenters. The monoisotopic (exact) mass is 330 g/mol. The van der Waals surface area contributed by atoms with Crippen molar-refractivity contribution in [2.45, 2.75) is 13.0 Å². The van der Waals surface area contributed by atoms with E-state index in [1.54, 1.807) is 23.2 Å². The van der Waals surface area contributed by atoms with Crippen molar-refractivity contribution in [3.63, 3.8) is 0 Å². The predicted octanol–water partition coefficient (Wildman–Crippen LogP) is 2.36. The molecule has 1 aromatic heterocycles. The third-order valence-corrected chi connectivity index (χ3v) is 3.60. The van der Waals surface area contributed by atoms with E-state index in [1.807, 2.05) is 33.2 Å². The Morgan fingerprint density at radius 3 is 2.54 bits per heavy atom. The number of anilines is 1. The zero-order chi connectivity index (χ0) is 17.5. The number of hydrogen-bond acceptors (Lipinski definition) is 4. The molecule has 0 spiro atoms. The molecule has 1 unspecified atom stereocenters. The fourth-order valence-corrected chi connectivity index (χ4v) is 2.43. The van der Waals surface area contributed by atoms with Crippen LogP contribution >= 0.6 is 0 Å². The molecule has 0 saturated carbocycles. The maximum atomic E-state index is 13.1. The van der Waals surface area contributed by atoms with Gasteiger partial charge in [0.1, 0.15) is 17.7 Å².